The fourth-order valence-corrected chi connectivity index (χ4v) is 6.87. The quantitative estimate of drug-likeness (QED) is 0.202. The Hall–Kier alpha value is -5.25. The molecule has 1 aliphatic rings. The van der Waals surface area contributed by atoms with Crippen LogP contribution >= 0.6 is 0 Å². The van der Waals surface area contributed by atoms with Gasteiger partial charge in [-0.25, -0.2) is 4.98 Å². The van der Waals surface area contributed by atoms with Crippen molar-refractivity contribution in [2.45, 2.75) is 19.4 Å². The smallest absolute Gasteiger partial charge is 0.0715 e. The number of rotatable bonds is 5. The molecule has 3 heteroatoms. The van der Waals surface area contributed by atoms with Crippen LogP contribution in [0.1, 0.15) is 24.2 Å². The molecular formula is C42H35N3. The first kappa shape index (κ1) is 27.3. The van der Waals surface area contributed by atoms with Crippen LogP contribution < -0.4 is 0 Å². The molecule has 0 spiro atoms. The molecular weight excluding hydrogens is 546 g/mol. The zero-order valence-corrected chi connectivity index (χ0v) is 25.7. The summed E-state index contributed by atoms with van der Waals surface area (Å²) < 4.78 is 2.48. The summed E-state index contributed by atoms with van der Waals surface area (Å²) >= 11 is 0. The molecule has 3 nitrogen and oxygen atoms in total. The van der Waals surface area contributed by atoms with Gasteiger partial charge in [0.2, 0.25) is 0 Å². The zero-order valence-electron chi connectivity index (χ0n) is 25.7. The number of hydrogen-bond acceptors (Lipinski definition) is 2. The van der Waals surface area contributed by atoms with Crippen molar-refractivity contribution in [3.8, 4) is 50.5 Å². The summed E-state index contributed by atoms with van der Waals surface area (Å²) in [5.74, 6) is 0. The van der Waals surface area contributed by atoms with E-state index in [9.17, 15) is 0 Å². The van der Waals surface area contributed by atoms with Crippen LogP contribution in [0, 0.1) is 0 Å². The Morgan fingerprint density at radius 1 is 0.556 bits per heavy atom. The predicted molar refractivity (Wildman–Crippen MR) is 188 cm³/mol. The zero-order chi connectivity index (χ0) is 30.3. The summed E-state index contributed by atoms with van der Waals surface area (Å²) in [6.07, 6.45) is 1.08. The van der Waals surface area contributed by atoms with Crippen LogP contribution in [0.3, 0.4) is 0 Å². The highest BCUT2D eigenvalue weighted by molar-refractivity contribution is 5.88. The third-order valence-corrected chi connectivity index (χ3v) is 9.43. The molecule has 0 N–H and O–H groups in total. The van der Waals surface area contributed by atoms with Crippen LogP contribution in [-0.4, -0.2) is 28.0 Å². The van der Waals surface area contributed by atoms with Gasteiger partial charge in [-0.2, -0.15) is 0 Å². The van der Waals surface area contributed by atoms with Gasteiger partial charge >= 0.3 is 0 Å². The molecule has 5 aromatic carbocycles. The van der Waals surface area contributed by atoms with E-state index in [1.54, 1.807) is 0 Å². The lowest BCUT2D eigenvalue weighted by Crippen LogP contribution is -2.31. The van der Waals surface area contributed by atoms with E-state index in [0.29, 0.717) is 6.04 Å². The third kappa shape index (κ3) is 4.96. The first-order chi connectivity index (χ1) is 22.1. The van der Waals surface area contributed by atoms with Gasteiger partial charge in [-0.05, 0) is 78.5 Å². The maximum atomic E-state index is 5.15. The first-order valence-corrected chi connectivity index (χ1v) is 15.8. The fraction of sp³-hybridized carbons (Fsp3) is 0.119. The molecule has 0 amide bonds. The predicted octanol–water partition coefficient (Wildman–Crippen LogP) is 10.2. The summed E-state index contributed by atoms with van der Waals surface area (Å²) in [4.78, 5) is 7.61. The number of benzene rings is 5. The molecule has 1 aliphatic heterocycles. The van der Waals surface area contributed by atoms with Gasteiger partial charge in [-0.3, -0.25) is 4.90 Å². The number of pyridine rings is 1. The lowest BCUT2D eigenvalue weighted by Gasteiger charge is -2.31. The van der Waals surface area contributed by atoms with Crippen LogP contribution in [0.2, 0.25) is 0 Å². The van der Waals surface area contributed by atoms with E-state index in [2.05, 4.69) is 169 Å². The molecule has 1 unspecified atom stereocenters. The Morgan fingerprint density at radius 2 is 1.07 bits per heavy atom. The van der Waals surface area contributed by atoms with Gasteiger partial charge in [-0.1, -0.05) is 115 Å². The van der Waals surface area contributed by atoms with Gasteiger partial charge in [-0.15, -0.1) is 0 Å². The number of para-hydroxylation sites is 1. The number of aromatic nitrogens is 2. The topological polar surface area (TPSA) is 21.1 Å². The van der Waals surface area contributed by atoms with E-state index < -0.39 is 0 Å². The van der Waals surface area contributed by atoms with Gasteiger partial charge in [0.25, 0.3) is 0 Å². The molecule has 0 aliphatic carbocycles. The molecule has 7 aromatic rings. The second-order valence-corrected chi connectivity index (χ2v) is 12.1. The molecule has 1 atom stereocenters. The first-order valence-electron chi connectivity index (χ1n) is 15.8. The summed E-state index contributed by atoms with van der Waals surface area (Å²) in [7, 11) is 2.24. The van der Waals surface area contributed by atoms with Crippen molar-refractivity contribution >= 4 is 10.9 Å². The van der Waals surface area contributed by atoms with Crippen molar-refractivity contribution in [3.05, 3.63) is 157 Å². The van der Waals surface area contributed by atoms with Crippen molar-refractivity contribution in [2.24, 2.45) is 0 Å². The lowest BCUT2D eigenvalue weighted by molar-refractivity contribution is 0.241. The molecule has 0 bridgehead atoms. The van der Waals surface area contributed by atoms with Crippen molar-refractivity contribution < 1.29 is 0 Å². The highest BCUT2D eigenvalue weighted by Gasteiger charge is 2.28. The summed E-state index contributed by atoms with van der Waals surface area (Å²) in [6, 6.07) is 52.5. The minimum Gasteiger partial charge on any atom is -0.312 e. The van der Waals surface area contributed by atoms with Crippen molar-refractivity contribution in [1.29, 1.82) is 0 Å². The Labute approximate surface area is 265 Å². The van der Waals surface area contributed by atoms with Crippen molar-refractivity contribution in [1.82, 2.24) is 14.5 Å². The second-order valence-electron chi connectivity index (χ2n) is 12.1. The SMILES string of the molecule is CC1c2c(c3ccccc3n2-c2ccc(-c3cc(-c4ccccc4)nc(-c4ccc(-c5ccccc5)cc4)c3)cc2)CCN1C. The molecule has 0 saturated carbocycles. The number of likely N-dealkylation sites (N-methyl/N-ethyl adjacent to an activating group) is 1. The van der Waals surface area contributed by atoms with Gasteiger partial charge < -0.3 is 4.57 Å². The van der Waals surface area contributed by atoms with Gasteiger partial charge in [0, 0.05) is 40.5 Å². The maximum absolute atomic E-state index is 5.15. The van der Waals surface area contributed by atoms with E-state index in [1.807, 2.05) is 0 Å². The van der Waals surface area contributed by atoms with E-state index in [0.717, 1.165) is 41.0 Å². The number of nitrogens with zero attached hydrogens (tertiary/aromatic N) is 3. The standard InChI is InChI=1S/C42H35N3/c1-29-42-38(25-26-44(29)2)37-15-9-10-16-41(37)45(42)36-23-21-32(22-24-36)35-27-39(33-13-7-4-8-14-33)43-40(28-35)34-19-17-31(18-20-34)30-11-5-3-6-12-30/h3-24,27-29H,25-26H2,1-2H3. The van der Waals surface area contributed by atoms with Gasteiger partial charge in [0.05, 0.1) is 16.9 Å². The van der Waals surface area contributed by atoms with Crippen LogP contribution in [0.5, 0.6) is 0 Å². The largest absolute Gasteiger partial charge is 0.312 e. The molecule has 45 heavy (non-hydrogen) atoms. The second kappa shape index (κ2) is 11.4. The molecule has 0 fully saturated rings. The summed E-state index contributed by atoms with van der Waals surface area (Å²) in [5, 5.41) is 1.38. The van der Waals surface area contributed by atoms with E-state index >= 15 is 0 Å². The normalized spacial score (nSPS) is 14.8. The fourth-order valence-electron chi connectivity index (χ4n) is 6.87. The van der Waals surface area contributed by atoms with Crippen LogP contribution in [0.15, 0.2) is 146 Å². The Balaban J connectivity index is 1.21. The summed E-state index contributed by atoms with van der Waals surface area (Å²) in [6.45, 7) is 3.42. The van der Waals surface area contributed by atoms with Gasteiger partial charge in [0.1, 0.15) is 0 Å². The molecule has 3 heterocycles. The average molecular weight is 582 g/mol. The monoisotopic (exact) mass is 581 g/mol. The Bertz CT molecular complexity index is 2110. The minimum atomic E-state index is 0.352. The number of hydrogen-bond donors (Lipinski definition) is 0. The van der Waals surface area contributed by atoms with Crippen LogP contribution in [-0.2, 0) is 6.42 Å². The van der Waals surface area contributed by atoms with Crippen molar-refractivity contribution in [3.63, 3.8) is 0 Å². The third-order valence-electron chi connectivity index (χ3n) is 9.43. The molecule has 8 rings (SSSR count). The highest BCUT2D eigenvalue weighted by Crippen LogP contribution is 2.39. The number of fused-ring (bicyclic) bond motifs is 3. The van der Waals surface area contributed by atoms with Gasteiger partial charge in [0.15, 0.2) is 0 Å². The minimum absolute atomic E-state index is 0.352. The Morgan fingerprint density at radius 3 is 1.76 bits per heavy atom. The molecule has 2 aromatic heterocycles. The Kier molecular flexibility index (Phi) is 6.89. The van der Waals surface area contributed by atoms with E-state index in [-0.39, 0.29) is 0 Å². The van der Waals surface area contributed by atoms with Crippen LogP contribution in [0.25, 0.3) is 61.4 Å². The maximum Gasteiger partial charge on any atom is 0.0715 e. The van der Waals surface area contributed by atoms with Crippen LogP contribution in [0.4, 0.5) is 0 Å². The molecule has 218 valence electrons. The van der Waals surface area contributed by atoms with E-state index in [4.69, 9.17) is 4.98 Å². The molecule has 0 radical (unpaired) electrons. The lowest BCUT2D eigenvalue weighted by atomic mass is 9.98. The van der Waals surface area contributed by atoms with Crippen molar-refractivity contribution in [2.75, 3.05) is 13.6 Å². The van der Waals surface area contributed by atoms with E-state index in [1.165, 1.54) is 44.5 Å². The highest BCUT2D eigenvalue weighted by atomic mass is 15.2. The average Bonchev–Trinajstić information content (AvgIpc) is 3.45. The molecule has 0 saturated heterocycles. The summed E-state index contributed by atoms with van der Waals surface area (Å²) in [5.41, 5.74) is 14.3.